The summed E-state index contributed by atoms with van der Waals surface area (Å²) in [6, 6.07) is 9.84. The van der Waals surface area contributed by atoms with E-state index in [1.807, 2.05) is 18.2 Å². The molecule has 142 valence electrons. The molecule has 2 N–H and O–H groups in total. The summed E-state index contributed by atoms with van der Waals surface area (Å²) >= 11 is 0. The van der Waals surface area contributed by atoms with Crippen molar-refractivity contribution in [1.82, 2.24) is 34.8 Å². The predicted octanol–water partition coefficient (Wildman–Crippen LogP) is 2.28. The third kappa shape index (κ3) is 3.52. The van der Waals surface area contributed by atoms with Crippen molar-refractivity contribution in [3.63, 3.8) is 0 Å². The van der Waals surface area contributed by atoms with E-state index in [-0.39, 0.29) is 0 Å². The first kappa shape index (κ1) is 16.7. The second kappa shape index (κ2) is 7.28. The molecular formula is C19H20N8O. The van der Waals surface area contributed by atoms with Crippen molar-refractivity contribution in [1.29, 1.82) is 0 Å². The van der Waals surface area contributed by atoms with E-state index in [1.54, 1.807) is 24.7 Å². The Hall–Kier alpha value is -3.46. The van der Waals surface area contributed by atoms with Crippen LogP contribution in [0.4, 0.5) is 5.95 Å². The molecule has 0 aromatic carbocycles. The molecule has 4 aromatic heterocycles. The minimum atomic E-state index is 0.607. The standard InChI is InChI=1S/C19H20N8O/c1-5-20-19(21-6-1)22-11-14-10-15-12-26(8-9-27(15)25-14)13-16-2-3-18(28-16)17-4-7-23-24-17/h1-7,10H,8-9,11-13H2,(H,23,24)(H,20,21,22). The Morgan fingerprint density at radius 3 is 2.89 bits per heavy atom. The first-order valence-corrected chi connectivity index (χ1v) is 9.21. The van der Waals surface area contributed by atoms with Crippen LogP contribution in [0.1, 0.15) is 17.1 Å². The Labute approximate surface area is 161 Å². The van der Waals surface area contributed by atoms with Gasteiger partial charge in [-0.15, -0.1) is 0 Å². The van der Waals surface area contributed by atoms with Gasteiger partial charge in [-0.1, -0.05) is 0 Å². The van der Waals surface area contributed by atoms with Crippen molar-refractivity contribution in [2.45, 2.75) is 26.2 Å². The average molecular weight is 376 g/mol. The van der Waals surface area contributed by atoms with Gasteiger partial charge in [0.15, 0.2) is 5.76 Å². The highest BCUT2D eigenvalue weighted by molar-refractivity contribution is 5.51. The van der Waals surface area contributed by atoms with Gasteiger partial charge >= 0.3 is 0 Å². The lowest BCUT2D eigenvalue weighted by molar-refractivity contribution is 0.191. The van der Waals surface area contributed by atoms with Crippen molar-refractivity contribution in [2.24, 2.45) is 0 Å². The van der Waals surface area contributed by atoms with Crippen LogP contribution < -0.4 is 5.32 Å². The number of aromatic amines is 1. The highest BCUT2D eigenvalue weighted by atomic mass is 16.3. The third-order valence-corrected chi connectivity index (χ3v) is 4.73. The molecule has 1 aliphatic rings. The number of furan rings is 1. The van der Waals surface area contributed by atoms with Gasteiger partial charge in [0.25, 0.3) is 0 Å². The SMILES string of the molecule is c1cnc(NCc2cc3n(n2)CCN(Cc2ccc(-c4ccn[nH]4)o2)C3)nc1. The summed E-state index contributed by atoms with van der Waals surface area (Å²) in [6.45, 7) is 4.02. The summed E-state index contributed by atoms with van der Waals surface area (Å²) in [7, 11) is 0. The number of hydrogen-bond donors (Lipinski definition) is 2. The lowest BCUT2D eigenvalue weighted by Crippen LogP contribution is -2.33. The number of anilines is 1. The Morgan fingerprint density at radius 1 is 1.11 bits per heavy atom. The first-order chi connectivity index (χ1) is 13.8. The maximum Gasteiger partial charge on any atom is 0.222 e. The molecule has 5 heterocycles. The number of rotatable bonds is 6. The van der Waals surface area contributed by atoms with Crippen LogP contribution in [0.15, 0.2) is 53.3 Å². The second-order valence-electron chi connectivity index (χ2n) is 6.72. The van der Waals surface area contributed by atoms with Gasteiger partial charge in [-0.3, -0.25) is 14.7 Å². The van der Waals surface area contributed by atoms with Gasteiger partial charge in [0.1, 0.15) is 11.5 Å². The summed E-state index contributed by atoms with van der Waals surface area (Å²) in [5, 5.41) is 14.8. The summed E-state index contributed by atoms with van der Waals surface area (Å²) in [5.41, 5.74) is 3.09. The largest absolute Gasteiger partial charge is 0.458 e. The van der Waals surface area contributed by atoms with Gasteiger partial charge in [0, 0.05) is 31.7 Å². The van der Waals surface area contributed by atoms with E-state index >= 15 is 0 Å². The van der Waals surface area contributed by atoms with Crippen molar-refractivity contribution in [3.05, 3.63) is 66.1 Å². The first-order valence-electron chi connectivity index (χ1n) is 9.21. The number of nitrogens with one attached hydrogen (secondary N) is 2. The maximum atomic E-state index is 5.95. The fourth-order valence-electron chi connectivity index (χ4n) is 3.38. The van der Waals surface area contributed by atoms with E-state index in [0.717, 1.165) is 49.1 Å². The number of nitrogens with zero attached hydrogens (tertiary/aromatic N) is 6. The fraction of sp³-hybridized carbons (Fsp3) is 0.263. The number of fused-ring (bicyclic) bond motifs is 1. The van der Waals surface area contributed by atoms with Crippen LogP contribution in [0.2, 0.25) is 0 Å². The zero-order valence-electron chi connectivity index (χ0n) is 15.2. The van der Waals surface area contributed by atoms with Crippen LogP contribution in [-0.4, -0.2) is 41.4 Å². The van der Waals surface area contributed by atoms with Crippen molar-refractivity contribution in [2.75, 3.05) is 11.9 Å². The van der Waals surface area contributed by atoms with Gasteiger partial charge in [-0.2, -0.15) is 10.2 Å². The third-order valence-electron chi connectivity index (χ3n) is 4.73. The molecule has 5 rings (SSSR count). The molecule has 0 radical (unpaired) electrons. The van der Waals surface area contributed by atoms with Gasteiger partial charge in [-0.25, -0.2) is 9.97 Å². The molecule has 9 nitrogen and oxygen atoms in total. The van der Waals surface area contributed by atoms with E-state index in [0.29, 0.717) is 12.5 Å². The number of hydrogen-bond acceptors (Lipinski definition) is 7. The maximum absolute atomic E-state index is 5.95. The van der Waals surface area contributed by atoms with Crippen LogP contribution >= 0.6 is 0 Å². The fourth-order valence-corrected chi connectivity index (χ4v) is 3.38. The molecule has 0 saturated heterocycles. The second-order valence-corrected chi connectivity index (χ2v) is 6.72. The molecule has 0 atom stereocenters. The average Bonchev–Trinajstić information content (AvgIpc) is 3.47. The Bertz CT molecular complexity index is 1040. The van der Waals surface area contributed by atoms with Crippen molar-refractivity contribution >= 4 is 5.95 Å². The van der Waals surface area contributed by atoms with Gasteiger partial charge in [0.2, 0.25) is 5.95 Å². The molecule has 0 saturated carbocycles. The Kier molecular flexibility index (Phi) is 4.34. The molecule has 9 heteroatoms. The molecule has 0 unspecified atom stereocenters. The summed E-state index contributed by atoms with van der Waals surface area (Å²) < 4.78 is 8.03. The highest BCUT2D eigenvalue weighted by Gasteiger charge is 2.20. The Balaban J connectivity index is 1.21. The van der Waals surface area contributed by atoms with Crippen molar-refractivity contribution < 1.29 is 4.42 Å². The zero-order chi connectivity index (χ0) is 18.8. The quantitative estimate of drug-likeness (QED) is 0.532. The minimum Gasteiger partial charge on any atom is -0.458 e. The van der Waals surface area contributed by atoms with E-state index < -0.39 is 0 Å². The smallest absolute Gasteiger partial charge is 0.222 e. The summed E-state index contributed by atoms with van der Waals surface area (Å²) in [4.78, 5) is 10.7. The van der Waals surface area contributed by atoms with Crippen LogP contribution in [0.3, 0.4) is 0 Å². The van der Waals surface area contributed by atoms with Crippen molar-refractivity contribution in [3.8, 4) is 11.5 Å². The number of aromatic nitrogens is 6. The van der Waals surface area contributed by atoms with E-state index in [1.165, 1.54) is 5.69 Å². The molecule has 0 aliphatic carbocycles. The zero-order valence-corrected chi connectivity index (χ0v) is 15.2. The number of H-pyrrole nitrogens is 1. The van der Waals surface area contributed by atoms with Gasteiger partial charge in [-0.05, 0) is 30.3 Å². The van der Waals surface area contributed by atoms with Gasteiger partial charge < -0.3 is 9.73 Å². The van der Waals surface area contributed by atoms with E-state index in [2.05, 4.69) is 46.2 Å². The van der Waals surface area contributed by atoms with Crippen LogP contribution in [0.25, 0.3) is 11.5 Å². The van der Waals surface area contributed by atoms with E-state index in [4.69, 9.17) is 4.42 Å². The minimum absolute atomic E-state index is 0.607. The normalized spacial score (nSPS) is 14.1. The van der Waals surface area contributed by atoms with E-state index in [9.17, 15) is 0 Å². The predicted molar refractivity (Wildman–Crippen MR) is 102 cm³/mol. The summed E-state index contributed by atoms with van der Waals surface area (Å²) in [5.74, 6) is 2.37. The van der Waals surface area contributed by atoms with Gasteiger partial charge in [0.05, 0.1) is 31.0 Å². The molecule has 0 bridgehead atoms. The molecule has 0 spiro atoms. The lowest BCUT2D eigenvalue weighted by atomic mass is 10.2. The highest BCUT2D eigenvalue weighted by Crippen LogP contribution is 2.22. The van der Waals surface area contributed by atoms with Crippen LogP contribution in [0.5, 0.6) is 0 Å². The molecular weight excluding hydrogens is 356 g/mol. The van der Waals surface area contributed by atoms with Crippen LogP contribution in [-0.2, 0) is 26.2 Å². The monoisotopic (exact) mass is 376 g/mol. The Morgan fingerprint density at radius 2 is 2.04 bits per heavy atom. The molecule has 1 aliphatic heterocycles. The molecule has 4 aromatic rings. The van der Waals surface area contributed by atoms with Crippen LogP contribution in [0, 0.1) is 0 Å². The molecule has 0 amide bonds. The molecule has 28 heavy (non-hydrogen) atoms. The lowest BCUT2D eigenvalue weighted by Gasteiger charge is -2.26. The summed E-state index contributed by atoms with van der Waals surface area (Å²) in [6.07, 6.45) is 5.16. The molecule has 0 fully saturated rings. The topological polar surface area (TPSA) is 101 Å².